The van der Waals surface area contributed by atoms with Crippen LogP contribution >= 0.6 is 0 Å². The number of rotatable bonds is 4. The fourth-order valence-corrected chi connectivity index (χ4v) is 4.41. The Morgan fingerprint density at radius 2 is 1.95 bits per heavy atom. The minimum Gasteiger partial charge on any atom is -0.103 e. The van der Waals surface area contributed by atoms with Crippen LogP contribution in [0.5, 0.6) is 0 Å². The summed E-state index contributed by atoms with van der Waals surface area (Å²) in [5.41, 5.74) is 8.84. The summed E-state index contributed by atoms with van der Waals surface area (Å²) in [6.07, 6.45) is 12.5. The van der Waals surface area contributed by atoms with Crippen molar-refractivity contribution in [1.82, 2.24) is 0 Å². The predicted octanol–water partition coefficient (Wildman–Crippen LogP) is 6.45. The number of fused-ring (bicyclic) bond motifs is 2. The van der Waals surface area contributed by atoms with E-state index in [0.717, 1.165) is 6.42 Å². The third-order valence-electron chi connectivity index (χ3n) is 5.57. The van der Waals surface area contributed by atoms with Gasteiger partial charge >= 0.3 is 0 Å². The molecule has 1 aromatic rings. The molecule has 3 rings (SSSR count). The molecule has 0 N–H and O–H groups in total. The summed E-state index contributed by atoms with van der Waals surface area (Å²) in [6.45, 7) is 12.4. The van der Waals surface area contributed by atoms with Crippen LogP contribution in [0.4, 0.5) is 0 Å². The highest BCUT2D eigenvalue weighted by molar-refractivity contribution is 5.83. The van der Waals surface area contributed by atoms with Crippen LogP contribution in [0.25, 0.3) is 11.1 Å². The summed E-state index contributed by atoms with van der Waals surface area (Å²) in [4.78, 5) is 0. The average molecular weight is 290 g/mol. The van der Waals surface area contributed by atoms with Crippen molar-refractivity contribution in [2.45, 2.75) is 51.4 Å². The largest absolute Gasteiger partial charge is 0.103 e. The first kappa shape index (κ1) is 15.1. The van der Waals surface area contributed by atoms with Crippen molar-refractivity contribution in [1.29, 1.82) is 0 Å². The third-order valence-corrected chi connectivity index (χ3v) is 5.57. The molecule has 1 spiro atoms. The lowest BCUT2D eigenvalue weighted by atomic mass is 9.75. The van der Waals surface area contributed by atoms with E-state index in [9.17, 15) is 0 Å². The Morgan fingerprint density at radius 1 is 1.23 bits per heavy atom. The van der Waals surface area contributed by atoms with Gasteiger partial charge in [0.1, 0.15) is 0 Å². The van der Waals surface area contributed by atoms with Gasteiger partial charge in [-0.05, 0) is 72.6 Å². The van der Waals surface area contributed by atoms with Gasteiger partial charge in [0.2, 0.25) is 0 Å². The molecule has 2 aliphatic rings. The van der Waals surface area contributed by atoms with Crippen molar-refractivity contribution in [3.63, 3.8) is 0 Å². The number of allylic oxidation sites excluding steroid dienone is 6. The van der Waals surface area contributed by atoms with Gasteiger partial charge in [0.25, 0.3) is 0 Å². The second-order valence-electron chi connectivity index (χ2n) is 6.70. The molecule has 0 heteroatoms. The molecule has 22 heavy (non-hydrogen) atoms. The van der Waals surface area contributed by atoms with E-state index in [-0.39, 0.29) is 5.41 Å². The lowest BCUT2D eigenvalue weighted by molar-refractivity contribution is 0.545. The van der Waals surface area contributed by atoms with Gasteiger partial charge in [-0.2, -0.15) is 0 Å². The molecule has 2 aliphatic carbocycles. The summed E-state index contributed by atoms with van der Waals surface area (Å²) >= 11 is 0. The van der Waals surface area contributed by atoms with Crippen molar-refractivity contribution in [2.75, 3.05) is 0 Å². The molecule has 0 nitrogen and oxygen atoms in total. The monoisotopic (exact) mass is 290 g/mol. The van der Waals surface area contributed by atoms with E-state index in [4.69, 9.17) is 0 Å². The average Bonchev–Trinajstić information content (AvgIpc) is 3.10. The van der Waals surface area contributed by atoms with Crippen molar-refractivity contribution >= 4 is 11.1 Å². The molecular weight excluding hydrogens is 264 g/mol. The zero-order valence-electron chi connectivity index (χ0n) is 13.9. The van der Waals surface area contributed by atoms with E-state index in [1.807, 2.05) is 6.08 Å². The van der Waals surface area contributed by atoms with E-state index >= 15 is 0 Å². The van der Waals surface area contributed by atoms with Gasteiger partial charge in [-0.25, -0.2) is 0 Å². The summed E-state index contributed by atoms with van der Waals surface area (Å²) in [5.74, 6) is 0. The minimum atomic E-state index is 0.246. The zero-order valence-corrected chi connectivity index (χ0v) is 13.9. The number of hydrogen-bond acceptors (Lipinski definition) is 0. The maximum absolute atomic E-state index is 4.11. The molecule has 0 aromatic heterocycles. The van der Waals surface area contributed by atoms with E-state index in [1.54, 1.807) is 5.56 Å². The summed E-state index contributed by atoms with van der Waals surface area (Å²) in [7, 11) is 0. The topological polar surface area (TPSA) is 0 Å². The van der Waals surface area contributed by atoms with Gasteiger partial charge < -0.3 is 0 Å². The molecule has 0 heterocycles. The smallest absolute Gasteiger partial charge is 0.0211 e. The van der Waals surface area contributed by atoms with Crippen molar-refractivity contribution in [3.05, 3.63) is 71.8 Å². The molecule has 0 bridgehead atoms. The highest BCUT2D eigenvalue weighted by Crippen LogP contribution is 2.55. The lowest BCUT2D eigenvalue weighted by Gasteiger charge is -2.28. The highest BCUT2D eigenvalue weighted by Gasteiger charge is 2.44. The van der Waals surface area contributed by atoms with Crippen molar-refractivity contribution in [2.24, 2.45) is 0 Å². The van der Waals surface area contributed by atoms with Gasteiger partial charge in [0.05, 0.1) is 0 Å². The van der Waals surface area contributed by atoms with Gasteiger partial charge in [-0.15, -0.1) is 6.58 Å². The zero-order chi connectivity index (χ0) is 15.7. The number of hydrogen-bond donors (Lipinski definition) is 0. The first-order valence-electron chi connectivity index (χ1n) is 8.41. The second-order valence-corrected chi connectivity index (χ2v) is 6.70. The Balaban J connectivity index is 2.12. The first-order valence-corrected chi connectivity index (χ1v) is 8.41. The summed E-state index contributed by atoms with van der Waals surface area (Å²) in [5, 5.41) is 0. The molecule has 1 saturated carbocycles. The lowest BCUT2D eigenvalue weighted by Crippen LogP contribution is -2.21. The molecule has 0 amide bonds. The Hall–Kier alpha value is -1.82. The SMILES string of the molecule is C=CC/C=C(\C)c1ccc2c(c1)C1(CCCC1)C(C=C)=C2C. The quantitative estimate of drug-likeness (QED) is 0.559. The molecule has 1 fully saturated rings. The predicted molar refractivity (Wildman–Crippen MR) is 97.8 cm³/mol. The van der Waals surface area contributed by atoms with Crippen LogP contribution in [0.1, 0.15) is 62.6 Å². The second kappa shape index (κ2) is 5.76. The molecule has 0 unspecified atom stereocenters. The van der Waals surface area contributed by atoms with Gasteiger partial charge in [-0.3, -0.25) is 0 Å². The van der Waals surface area contributed by atoms with Crippen LogP contribution in [-0.2, 0) is 5.41 Å². The van der Waals surface area contributed by atoms with Crippen LogP contribution in [0.2, 0.25) is 0 Å². The molecule has 0 aliphatic heterocycles. The molecule has 114 valence electrons. The normalized spacial score (nSPS) is 19.6. The standard InChI is InChI=1S/C22H26/c1-5-7-10-16(3)18-11-12-19-17(4)20(6-2)22(21(19)15-18)13-8-9-14-22/h5-6,10-12,15H,1-2,7-9,13-14H2,3-4H3/b16-10+. The Kier molecular flexibility index (Phi) is 3.95. The van der Waals surface area contributed by atoms with Crippen LogP contribution < -0.4 is 0 Å². The maximum Gasteiger partial charge on any atom is 0.0211 e. The van der Waals surface area contributed by atoms with Crippen LogP contribution in [0.3, 0.4) is 0 Å². The molecular formula is C22H26. The van der Waals surface area contributed by atoms with E-state index in [1.165, 1.54) is 53.5 Å². The van der Waals surface area contributed by atoms with Crippen LogP contribution in [0, 0.1) is 0 Å². The highest BCUT2D eigenvalue weighted by atomic mass is 14.5. The summed E-state index contributed by atoms with van der Waals surface area (Å²) in [6, 6.07) is 7.03. The molecule has 1 aromatic carbocycles. The fraction of sp³-hybridized carbons (Fsp3) is 0.364. The third kappa shape index (κ3) is 2.13. The molecule has 0 atom stereocenters. The first-order chi connectivity index (χ1) is 10.6. The van der Waals surface area contributed by atoms with E-state index in [0.29, 0.717) is 0 Å². The number of benzene rings is 1. The Morgan fingerprint density at radius 3 is 2.59 bits per heavy atom. The van der Waals surface area contributed by atoms with E-state index in [2.05, 4.69) is 57.4 Å². The Labute approximate surface area is 135 Å². The van der Waals surface area contributed by atoms with Crippen LogP contribution in [0.15, 0.2) is 55.2 Å². The molecule has 0 radical (unpaired) electrons. The van der Waals surface area contributed by atoms with Gasteiger partial charge in [0.15, 0.2) is 0 Å². The van der Waals surface area contributed by atoms with E-state index < -0.39 is 0 Å². The van der Waals surface area contributed by atoms with Crippen molar-refractivity contribution in [3.8, 4) is 0 Å². The Bertz CT molecular complexity index is 676. The van der Waals surface area contributed by atoms with Crippen LogP contribution in [-0.4, -0.2) is 0 Å². The minimum absolute atomic E-state index is 0.246. The molecule has 0 saturated heterocycles. The van der Waals surface area contributed by atoms with Crippen molar-refractivity contribution < 1.29 is 0 Å². The maximum atomic E-state index is 4.11. The fourth-order valence-electron chi connectivity index (χ4n) is 4.41. The van der Waals surface area contributed by atoms with Gasteiger partial charge in [0, 0.05) is 5.41 Å². The summed E-state index contributed by atoms with van der Waals surface area (Å²) < 4.78 is 0. The van der Waals surface area contributed by atoms with Gasteiger partial charge in [-0.1, -0.05) is 49.8 Å².